The minimum absolute atomic E-state index is 0.000848. The summed E-state index contributed by atoms with van der Waals surface area (Å²) in [5, 5.41) is 12.5. The molecule has 4 heteroatoms. The van der Waals surface area contributed by atoms with Gasteiger partial charge in [-0.1, -0.05) is 56.3 Å². The SMILES string of the molecule is CC(C)c1ccc(-n2ccc(C#N)c2C(=O)N[C@@H](C)CCc2ccccc2)cc1. The monoisotopic (exact) mass is 385 g/mol. The first kappa shape index (κ1) is 20.4. The minimum atomic E-state index is -0.222. The lowest BCUT2D eigenvalue weighted by atomic mass is 10.0. The van der Waals surface area contributed by atoms with Crippen LogP contribution < -0.4 is 5.32 Å². The van der Waals surface area contributed by atoms with E-state index in [4.69, 9.17) is 0 Å². The molecule has 0 aliphatic rings. The van der Waals surface area contributed by atoms with Gasteiger partial charge in [0.2, 0.25) is 0 Å². The van der Waals surface area contributed by atoms with Crippen molar-refractivity contribution < 1.29 is 4.79 Å². The van der Waals surface area contributed by atoms with Crippen LogP contribution in [0, 0.1) is 11.3 Å². The molecule has 3 rings (SSSR count). The molecule has 29 heavy (non-hydrogen) atoms. The molecule has 0 bridgehead atoms. The Balaban J connectivity index is 1.76. The molecule has 1 aromatic heterocycles. The van der Waals surface area contributed by atoms with E-state index in [9.17, 15) is 10.1 Å². The number of amides is 1. The molecular formula is C25H27N3O. The Labute approximate surface area is 172 Å². The molecule has 1 N–H and O–H groups in total. The number of aryl methyl sites for hydroxylation is 1. The second kappa shape index (κ2) is 9.25. The van der Waals surface area contributed by atoms with E-state index in [1.165, 1.54) is 11.1 Å². The van der Waals surface area contributed by atoms with Gasteiger partial charge in [-0.05, 0) is 55.0 Å². The van der Waals surface area contributed by atoms with E-state index >= 15 is 0 Å². The van der Waals surface area contributed by atoms with Crippen molar-refractivity contribution >= 4 is 5.91 Å². The number of carbonyl (C=O) groups is 1. The Morgan fingerprint density at radius 1 is 1.03 bits per heavy atom. The average molecular weight is 386 g/mol. The lowest BCUT2D eigenvalue weighted by molar-refractivity contribution is 0.0931. The summed E-state index contributed by atoms with van der Waals surface area (Å²) in [6, 6.07) is 22.2. The normalized spacial score (nSPS) is 11.8. The lowest BCUT2D eigenvalue weighted by Crippen LogP contribution is -2.34. The third kappa shape index (κ3) is 4.94. The molecule has 0 aliphatic carbocycles. The second-order valence-corrected chi connectivity index (χ2v) is 7.70. The molecule has 0 spiro atoms. The maximum absolute atomic E-state index is 13.0. The number of nitriles is 1. The van der Waals surface area contributed by atoms with Crippen LogP contribution >= 0.6 is 0 Å². The van der Waals surface area contributed by atoms with E-state index in [0.29, 0.717) is 17.2 Å². The molecule has 1 amide bonds. The fraction of sp³-hybridized carbons (Fsp3) is 0.280. The maximum Gasteiger partial charge on any atom is 0.269 e. The van der Waals surface area contributed by atoms with Crippen molar-refractivity contribution in [3.8, 4) is 11.8 Å². The molecule has 1 atom stereocenters. The minimum Gasteiger partial charge on any atom is -0.348 e. The molecular weight excluding hydrogens is 358 g/mol. The fourth-order valence-electron chi connectivity index (χ4n) is 3.38. The van der Waals surface area contributed by atoms with Gasteiger partial charge in [0.15, 0.2) is 0 Å². The van der Waals surface area contributed by atoms with Gasteiger partial charge in [0.05, 0.1) is 5.56 Å². The molecule has 1 heterocycles. The van der Waals surface area contributed by atoms with Gasteiger partial charge in [-0.25, -0.2) is 0 Å². The zero-order valence-corrected chi connectivity index (χ0v) is 17.2. The molecule has 0 saturated carbocycles. The summed E-state index contributed by atoms with van der Waals surface area (Å²) >= 11 is 0. The number of hydrogen-bond acceptors (Lipinski definition) is 2. The van der Waals surface area contributed by atoms with Crippen LogP contribution in [0.2, 0.25) is 0 Å². The highest BCUT2D eigenvalue weighted by Crippen LogP contribution is 2.21. The Hall–Kier alpha value is -3.32. The van der Waals surface area contributed by atoms with E-state index in [0.717, 1.165) is 18.5 Å². The Morgan fingerprint density at radius 2 is 1.72 bits per heavy atom. The first-order valence-electron chi connectivity index (χ1n) is 10.1. The van der Waals surface area contributed by atoms with E-state index in [1.807, 2.05) is 37.3 Å². The third-order valence-corrected chi connectivity index (χ3v) is 5.15. The fourth-order valence-corrected chi connectivity index (χ4v) is 3.38. The second-order valence-electron chi connectivity index (χ2n) is 7.70. The predicted molar refractivity (Wildman–Crippen MR) is 116 cm³/mol. The summed E-state index contributed by atoms with van der Waals surface area (Å²) in [7, 11) is 0. The highest BCUT2D eigenvalue weighted by atomic mass is 16.2. The largest absolute Gasteiger partial charge is 0.348 e. The zero-order chi connectivity index (χ0) is 20.8. The predicted octanol–water partition coefficient (Wildman–Crippen LogP) is 5.22. The van der Waals surface area contributed by atoms with E-state index < -0.39 is 0 Å². The van der Waals surface area contributed by atoms with E-state index in [1.54, 1.807) is 16.8 Å². The summed E-state index contributed by atoms with van der Waals surface area (Å²) in [6.07, 6.45) is 3.51. The smallest absolute Gasteiger partial charge is 0.269 e. The van der Waals surface area contributed by atoms with Crippen LogP contribution in [0.5, 0.6) is 0 Å². The highest BCUT2D eigenvalue weighted by molar-refractivity contribution is 5.96. The van der Waals surface area contributed by atoms with Gasteiger partial charge in [-0.3, -0.25) is 4.79 Å². The van der Waals surface area contributed by atoms with Crippen LogP contribution in [0.3, 0.4) is 0 Å². The number of carbonyl (C=O) groups excluding carboxylic acids is 1. The van der Waals surface area contributed by atoms with Crippen molar-refractivity contribution in [1.82, 2.24) is 9.88 Å². The summed E-state index contributed by atoms with van der Waals surface area (Å²) in [4.78, 5) is 13.0. The standard InChI is InChI=1S/C25H27N3O/c1-18(2)21-11-13-23(14-12-21)28-16-15-22(17-26)24(28)25(29)27-19(3)9-10-20-7-5-4-6-8-20/h4-8,11-16,18-19H,9-10H2,1-3H3,(H,27,29)/t19-/m0/s1. The molecule has 4 nitrogen and oxygen atoms in total. The van der Waals surface area contributed by atoms with Crippen molar-refractivity contribution in [3.05, 3.63) is 89.2 Å². The first-order chi connectivity index (χ1) is 14.0. The number of rotatable bonds is 7. The molecule has 0 radical (unpaired) electrons. The number of benzene rings is 2. The number of nitrogens with zero attached hydrogens (tertiary/aromatic N) is 2. The van der Waals surface area contributed by atoms with Crippen LogP contribution in [-0.2, 0) is 6.42 Å². The highest BCUT2D eigenvalue weighted by Gasteiger charge is 2.20. The Bertz CT molecular complexity index is 995. The third-order valence-electron chi connectivity index (χ3n) is 5.15. The average Bonchev–Trinajstić information content (AvgIpc) is 3.17. The Morgan fingerprint density at radius 3 is 2.34 bits per heavy atom. The van der Waals surface area contributed by atoms with Gasteiger partial charge in [-0.15, -0.1) is 0 Å². The summed E-state index contributed by atoms with van der Waals surface area (Å²) in [5.41, 5.74) is 4.13. The molecule has 0 aliphatic heterocycles. The van der Waals surface area contributed by atoms with E-state index in [-0.39, 0.29) is 11.9 Å². The van der Waals surface area contributed by atoms with Crippen molar-refractivity contribution in [2.24, 2.45) is 0 Å². The maximum atomic E-state index is 13.0. The number of nitrogens with one attached hydrogen (secondary N) is 1. The summed E-state index contributed by atoms with van der Waals surface area (Å²) in [5.74, 6) is 0.219. The molecule has 0 saturated heterocycles. The molecule has 0 unspecified atom stereocenters. The molecule has 3 aromatic rings. The number of hydrogen-bond donors (Lipinski definition) is 1. The van der Waals surface area contributed by atoms with E-state index in [2.05, 4.69) is 49.5 Å². The quantitative estimate of drug-likeness (QED) is 0.606. The topological polar surface area (TPSA) is 57.8 Å². The molecule has 2 aromatic carbocycles. The zero-order valence-electron chi connectivity index (χ0n) is 17.2. The Kier molecular flexibility index (Phi) is 6.51. The van der Waals surface area contributed by atoms with Gasteiger partial charge in [0.25, 0.3) is 5.91 Å². The summed E-state index contributed by atoms with van der Waals surface area (Å²) < 4.78 is 1.79. The van der Waals surface area contributed by atoms with Crippen molar-refractivity contribution in [2.75, 3.05) is 0 Å². The van der Waals surface area contributed by atoms with Gasteiger partial charge < -0.3 is 9.88 Å². The van der Waals surface area contributed by atoms with Gasteiger partial charge in [0, 0.05) is 17.9 Å². The van der Waals surface area contributed by atoms with Crippen LogP contribution in [0.1, 0.15) is 60.3 Å². The van der Waals surface area contributed by atoms with Crippen molar-refractivity contribution in [3.63, 3.8) is 0 Å². The van der Waals surface area contributed by atoms with Crippen LogP contribution in [0.15, 0.2) is 66.9 Å². The van der Waals surface area contributed by atoms with Crippen LogP contribution in [0.4, 0.5) is 0 Å². The lowest BCUT2D eigenvalue weighted by Gasteiger charge is -2.16. The van der Waals surface area contributed by atoms with Gasteiger partial charge >= 0.3 is 0 Å². The molecule has 0 fully saturated rings. The van der Waals surface area contributed by atoms with Crippen molar-refractivity contribution in [1.29, 1.82) is 5.26 Å². The summed E-state index contributed by atoms with van der Waals surface area (Å²) in [6.45, 7) is 6.29. The van der Waals surface area contributed by atoms with Crippen LogP contribution in [-0.4, -0.2) is 16.5 Å². The van der Waals surface area contributed by atoms with Gasteiger partial charge in [-0.2, -0.15) is 5.26 Å². The van der Waals surface area contributed by atoms with Gasteiger partial charge in [0.1, 0.15) is 11.8 Å². The molecule has 148 valence electrons. The number of aromatic nitrogens is 1. The van der Waals surface area contributed by atoms with Crippen molar-refractivity contribution in [2.45, 2.75) is 45.6 Å². The van der Waals surface area contributed by atoms with Crippen LogP contribution in [0.25, 0.3) is 5.69 Å². The first-order valence-corrected chi connectivity index (χ1v) is 10.1.